The second-order valence-electron chi connectivity index (χ2n) is 5.86. The summed E-state index contributed by atoms with van der Waals surface area (Å²) in [6.45, 7) is 0.866. The van der Waals surface area contributed by atoms with Crippen LogP contribution in [-0.2, 0) is 6.42 Å². The summed E-state index contributed by atoms with van der Waals surface area (Å²) in [7, 11) is 5.53. The normalized spacial score (nSPS) is 11.7. The number of hydrogen-bond acceptors (Lipinski definition) is 4. The maximum atomic E-state index is 9.95. The number of ether oxygens (including phenoxy) is 2. The highest BCUT2D eigenvalue weighted by Gasteiger charge is 2.09. The Hall–Kier alpha value is -1.75. The molecule has 4 nitrogen and oxygen atoms in total. The van der Waals surface area contributed by atoms with Gasteiger partial charge in [0.2, 0.25) is 0 Å². The largest absolute Gasteiger partial charge is 0.497 e. The third kappa shape index (κ3) is 6.40. The molecule has 0 aromatic heterocycles. The van der Waals surface area contributed by atoms with Gasteiger partial charge in [0.05, 0.1) is 7.11 Å². The molecule has 0 radical (unpaired) electrons. The molecule has 5 heteroatoms. The molecule has 24 heavy (non-hydrogen) atoms. The topological polar surface area (TPSA) is 41.9 Å². The van der Waals surface area contributed by atoms with E-state index in [0.29, 0.717) is 6.54 Å². The number of aliphatic hydroxyl groups excluding tert-OH is 1. The van der Waals surface area contributed by atoms with Gasteiger partial charge in [0, 0.05) is 13.0 Å². The number of methoxy groups -OCH3 is 1. The molecule has 0 saturated heterocycles. The summed E-state index contributed by atoms with van der Waals surface area (Å²) in [5, 5.41) is 9.95. The molecule has 1 N–H and O–H groups in total. The Morgan fingerprint density at radius 2 is 1.83 bits per heavy atom. The predicted octanol–water partition coefficient (Wildman–Crippen LogP) is 3.01. The fourth-order valence-electron chi connectivity index (χ4n) is 2.45. The van der Waals surface area contributed by atoms with E-state index in [4.69, 9.17) is 9.47 Å². The predicted molar refractivity (Wildman–Crippen MR) is 99.5 cm³/mol. The first-order chi connectivity index (χ1) is 11.1. The van der Waals surface area contributed by atoms with Gasteiger partial charge in [-0.3, -0.25) is 0 Å². The van der Waals surface area contributed by atoms with Crippen LogP contribution in [0.4, 0.5) is 0 Å². The lowest BCUT2D eigenvalue weighted by Crippen LogP contribution is -2.30. The van der Waals surface area contributed by atoms with E-state index in [0.717, 1.165) is 29.0 Å². The van der Waals surface area contributed by atoms with Gasteiger partial charge in [-0.05, 0) is 43.4 Å². The van der Waals surface area contributed by atoms with Crippen molar-refractivity contribution in [3.8, 4) is 11.5 Å². The Morgan fingerprint density at radius 1 is 1.08 bits per heavy atom. The van der Waals surface area contributed by atoms with Gasteiger partial charge in [0.25, 0.3) is 0 Å². The molecule has 0 bridgehead atoms. The van der Waals surface area contributed by atoms with Gasteiger partial charge < -0.3 is 19.5 Å². The molecule has 2 rings (SSSR count). The van der Waals surface area contributed by atoms with Crippen molar-refractivity contribution in [2.45, 2.75) is 12.5 Å². The van der Waals surface area contributed by atoms with Crippen LogP contribution in [0, 0.1) is 0 Å². The van der Waals surface area contributed by atoms with Crippen LogP contribution < -0.4 is 9.47 Å². The minimum Gasteiger partial charge on any atom is -0.497 e. The van der Waals surface area contributed by atoms with E-state index in [1.54, 1.807) is 7.11 Å². The Balaban J connectivity index is 0.00000288. The Labute approximate surface area is 150 Å². The van der Waals surface area contributed by atoms with Gasteiger partial charge >= 0.3 is 0 Å². The number of benzene rings is 2. The smallest absolute Gasteiger partial charge is 0.122 e. The van der Waals surface area contributed by atoms with Crippen molar-refractivity contribution >= 4 is 12.4 Å². The molecule has 0 heterocycles. The molecule has 0 saturated carbocycles. The summed E-state index contributed by atoms with van der Waals surface area (Å²) in [5.41, 5.74) is 2.26. The number of hydrogen-bond donors (Lipinski definition) is 1. The van der Waals surface area contributed by atoms with E-state index in [1.165, 1.54) is 0 Å². The number of nitrogens with zero attached hydrogens (tertiary/aromatic N) is 1. The van der Waals surface area contributed by atoms with Crippen molar-refractivity contribution in [3.05, 3.63) is 59.7 Å². The molecule has 1 unspecified atom stereocenters. The van der Waals surface area contributed by atoms with Crippen molar-refractivity contribution in [2.24, 2.45) is 0 Å². The average molecular weight is 352 g/mol. The maximum absolute atomic E-state index is 9.95. The molecule has 0 aliphatic heterocycles. The van der Waals surface area contributed by atoms with Gasteiger partial charge in [0.15, 0.2) is 0 Å². The van der Waals surface area contributed by atoms with E-state index in [9.17, 15) is 5.11 Å². The summed E-state index contributed by atoms with van der Waals surface area (Å²) in [5.74, 6) is 1.66. The van der Waals surface area contributed by atoms with E-state index in [-0.39, 0.29) is 19.0 Å². The minimum absolute atomic E-state index is 0. The molecular formula is C19H26ClNO3. The first-order valence-corrected chi connectivity index (χ1v) is 7.75. The third-order valence-corrected chi connectivity index (χ3v) is 3.51. The molecule has 2 aromatic carbocycles. The molecule has 1 atom stereocenters. The average Bonchev–Trinajstić information content (AvgIpc) is 2.53. The number of halogens is 1. The molecular weight excluding hydrogens is 326 g/mol. The van der Waals surface area contributed by atoms with Gasteiger partial charge in [-0.2, -0.15) is 0 Å². The third-order valence-electron chi connectivity index (χ3n) is 3.51. The van der Waals surface area contributed by atoms with E-state index in [2.05, 4.69) is 6.07 Å². The van der Waals surface area contributed by atoms with Crippen molar-refractivity contribution in [1.82, 2.24) is 4.90 Å². The van der Waals surface area contributed by atoms with E-state index in [1.807, 2.05) is 61.5 Å². The summed E-state index contributed by atoms with van der Waals surface area (Å²) >= 11 is 0. The molecule has 0 aliphatic rings. The van der Waals surface area contributed by atoms with Crippen molar-refractivity contribution in [2.75, 3.05) is 34.4 Å². The standard InChI is InChI=1S/C19H25NO3.ClH/c1-20(2)13-17(21)14-23-19-10-5-4-8-16(19)11-15-7-6-9-18(12-15)22-3;/h4-10,12,17,21H,11,13-14H2,1-3H3;1H. The van der Waals surface area contributed by atoms with Crippen LogP contribution in [0.1, 0.15) is 11.1 Å². The number of rotatable bonds is 8. The monoisotopic (exact) mass is 351 g/mol. The Morgan fingerprint density at radius 3 is 2.54 bits per heavy atom. The van der Waals surface area contributed by atoms with Gasteiger partial charge in [0.1, 0.15) is 24.2 Å². The Kier molecular flexibility index (Phi) is 8.61. The Bertz CT molecular complexity index is 619. The fourth-order valence-corrected chi connectivity index (χ4v) is 2.45. The van der Waals surface area contributed by atoms with Crippen LogP contribution in [0.25, 0.3) is 0 Å². The van der Waals surface area contributed by atoms with E-state index >= 15 is 0 Å². The SMILES string of the molecule is COc1cccc(Cc2ccccc2OCC(O)CN(C)C)c1.Cl. The van der Waals surface area contributed by atoms with Gasteiger partial charge in [-0.1, -0.05) is 30.3 Å². The first kappa shape index (κ1) is 20.3. The zero-order chi connectivity index (χ0) is 16.7. The van der Waals surface area contributed by atoms with Crippen molar-refractivity contribution in [3.63, 3.8) is 0 Å². The molecule has 2 aromatic rings. The molecule has 0 spiro atoms. The van der Waals surface area contributed by atoms with Crippen LogP contribution in [0.5, 0.6) is 11.5 Å². The summed E-state index contributed by atoms with van der Waals surface area (Å²) in [4.78, 5) is 1.94. The maximum Gasteiger partial charge on any atom is 0.122 e. The minimum atomic E-state index is -0.505. The zero-order valence-corrected chi connectivity index (χ0v) is 15.3. The first-order valence-electron chi connectivity index (χ1n) is 7.75. The van der Waals surface area contributed by atoms with Crippen molar-refractivity contribution in [1.29, 1.82) is 0 Å². The molecule has 0 aliphatic carbocycles. The van der Waals surface area contributed by atoms with Crippen LogP contribution in [0.3, 0.4) is 0 Å². The fraction of sp³-hybridized carbons (Fsp3) is 0.368. The number of aliphatic hydroxyl groups is 1. The van der Waals surface area contributed by atoms with Crippen LogP contribution in [0.2, 0.25) is 0 Å². The van der Waals surface area contributed by atoms with Crippen LogP contribution in [0.15, 0.2) is 48.5 Å². The van der Waals surface area contributed by atoms with Gasteiger partial charge in [-0.15, -0.1) is 12.4 Å². The summed E-state index contributed by atoms with van der Waals surface area (Å²) in [6, 6.07) is 16.0. The molecule has 0 fully saturated rings. The lowest BCUT2D eigenvalue weighted by molar-refractivity contribution is 0.0827. The summed E-state index contributed by atoms with van der Waals surface area (Å²) < 4.78 is 11.1. The van der Waals surface area contributed by atoms with Crippen molar-refractivity contribution < 1.29 is 14.6 Å². The number of para-hydroxylation sites is 1. The highest BCUT2D eigenvalue weighted by Crippen LogP contribution is 2.23. The van der Waals surface area contributed by atoms with Crippen LogP contribution >= 0.6 is 12.4 Å². The van der Waals surface area contributed by atoms with E-state index < -0.39 is 6.10 Å². The highest BCUT2D eigenvalue weighted by molar-refractivity contribution is 5.85. The lowest BCUT2D eigenvalue weighted by atomic mass is 10.0. The second-order valence-corrected chi connectivity index (χ2v) is 5.86. The molecule has 132 valence electrons. The van der Waals surface area contributed by atoms with Crippen LogP contribution in [-0.4, -0.2) is 50.5 Å². The zero-order valence-electron chi connectivity index (χ0n) is 14.4. The summed E-state index contributed by atoms with van der Waals surface area (Å²) in [6.07, 6.45) is 0.256. The molecule has 0 amide bonds. The quantitative estimate of drug-likeness (QED) is 0.793. The second kappa shape index (κ2) is 10.2. The number of likely N-dealkylation sites (N-methyl/N-ethyl adjacent to an activating group) is 1. The highest BCUT2D eigenvalue weighted by atomic mass is 35.5. The van der Waals surface area contributed by atoms with Gasteiger partial charge in [-0.25, -0.2) is 0 Å². The lowest BCUT2D eigenvalue weighted by Gasteiger charge is -2.18.